The number of aromatic nitrogens is 2. The number of carboxylic acids is 1. The van der Waals surface area contributed by atoms with Crippen LogP contribution in [0.25, 0.3) is 21.1 Å². The van der Waals surface area contributed by atoms with Crippen molar-refractivity contribution in [1.29, 1.82) is 0 Å². The Morgan fingerprint density at radius 3 is 2.03 bits per heavy atom. The maximum absolute atomic E-state index is 11.1. The molecule has 172 valence electrons. The van der Waals surface area contributed by atoms with Crippen molar-refractivity contribution in [3.63, 3.8) is 0 Å². The monoisotopic (exact) mass is 463 g/mol. The van der Waals surface area contributed by atoms with Gasteiger partial charge in [0.1, 0.15) is 10.0 Å². The Bertz CT molecular complexity index is 1100. The molecule has 0 atom stereocenters. The summed E-state index contributed by atoms with van der Waals surface area (Å²) < 4.78 is 6.11. The molecule has 2 aromatic carbocycles. The molecular formula is C26H29N3O3S. The van der Waals surface area contributed by atoms with Crippen LogP contribution >= 0.6 is 11.3 Å². The minimum absolute atomic E-state index is 0.0680. The van der Waals surface area contributed by atoms with Crippen LogP contribution in [0.2, 0.25) is 0 Å². The Morgan fingerprint density at radius 1 is 0.970 bits per heavy atom. The molecule has 3 aromatic rings. The summed E-state index contributed by atoms with van der Waals surface area (Å²) in [6.45, 7) is 2.05. The van der Waals surface area contributed by atoms with Crippen LogP contribution in [0.5, 0.6) is 0 Å². The minimum atomic E-state index is -0.931. The number of methoxy groups -OCH3 is 1. The highest BCUT2D eigenvalue weighted by atomic mass is 32.1. The predicted molar refractivity (Wildman–Crippen MR) is 131 cm³/mol. The Labute approximate surface area is 198 Å². The largest absolute Gasteiger partial charge is 0.478 e. The molecule has 0 unspecified atom stereocenters. The van der Waals surface area contributed by atoms with Gasteiger partial charge in [-0.15, -0.1) is 10.2 Å². The summed E-state index contributed by atoms with van der Waals surface area (Å²) in [4.78, 5) is 13.5. The van der Waals surface area contributed by atoms with Gasteiger partial charge in [0.15, 0.2) is 0 Å². The zero-order chi connectivity index (χ0) is 22.8. The number of hydrogen-bond acceptors (Lipinski definition) is 6. The van der Waals surface area contributed by atoms with Crippen molar-refractivity contribution < 1.29 is 14.6 Å². The molecule has 0 amide bonds. The minimum Gasteiger partial charge on any atom is -0.478 e. The molecule has 1 N–H and O–H groups in total. The zero-order valence-corrected chi connectivity index (χ0v) is 19.7. The van der Waals surface area contributed by atoms with Gasteiger partial charge >= 0.3 is 5.97 Å². The number of piperidine rings is 1. The first kappa shape index (κ1) is 22.0. The van der Waals surface area contributed by atoms with Crippen molar-refractivity contribution in [3.05, 3.63) is 54.1 Å². The Morgan fingerprint density at radius 2 is 1.52 bits per heavy atom. The van der Waals surface area contributed by atoms with Crippen molar-refractivity contribution >= 4 is 23.0 Å². The van der Waals surface area contributed by atoms with Crippen LogP contribution in [0, 0.1) is 5.92 Å². The molecule has 6 nitrogen and oxygen atoms in total. The van der Waals surface area contributed by atoms with Gasteiger partial charge in [-0.2, -0.15) is 0 Å². The number of hydrogen-bond donors (Lipinski definition) is 1. The molecule has 2 heterocycles. The molecule has 1 aromatic heterocycles. The first-order valence-corrected chi connectivity index (χ1v) is 12.5. The van der Waals surface area contributed by atoms with Gasteiger partial charge in [0.05, 0.1) is 11.2 Å². The van der Waals surface area contributed by atoms with Crippen molar-refractivity contribution in [3.8, 4) is 21.1 Å². The van der Waals surface area contributed by atoms with E-state index in [0.717, 1.165) is 53.0 Å². The molecule has 7 heteroatoms. The molecule has 0 spiro atoms. The quantitative estimate of drug-likeness (QED) is 0.502. The van der Waals surface area contributed by atoms with Crippen LogP contribution in [0.4, 0.5) is 5.69 Å². The third-order valence-electron chi connectivity index (χ3n) is 7.40. The number of benzene rings is 2. The lowest BCUT2D eigenvalue weighted by Crippen LogP contribution is -2.49. The van der Waals surface area contributed by atoms with Gasteiger partial charge in [0, 0.05) is 37.0 Å². The molecule has 1 aliphatic carbocycles. The first-order valence-electron chi connectivity index (χ1n) is 11.7. The number of nitrogens with zero attached hydrogens (tertiary/aromatic N) is 3. The van der Waals surface area contributed by atoms with E-state index in [1.54, 1.807) is 24.3 Å². The number of carbonyl (C=O) groups is 1. The molecule has 1 aliphatic heterocycles. The average Bonchev–Trinajstić information content (AvgIpc) is 3.58. The summed E-state index contributed by atoms with van der Waals surface area (Å²) in [7, 11) is 1.90. The molecule has 0 bridgehead atoms. The van der Waals surface area contributed by atoms with E-state index in [2.05, 4.69) is 39.4 Å². The Balaban J connectivity index is 1.25. The molecule has 0 radical (unpaired) electrons. The SMILES string of the molecule is COC1(C2CCCC2)CCN(c2ccc(-c3nnc(-c4ccc(C(=O)O)cc4)s3)cc2)CC1. The summed E-state index contributed by atoms with van der Waals surface area (Å²) in [5, 5.41) is 19.4. The van der Waals surface area contributed by atoms with Gasteiger partial charge in [0.2, 0.25) is 0 Å². The number of aromatic carboxylic acids is 1. The van der Waals surface area contributed by atoms with Gasteiger partial charge in [-0.1, -0.05) is 36.3 Å². The van der Waals surface area contributed by atoms with Crippen molar-refractivity contribution in [2.75, 3.05) is 25.1 Å². The van der Waals surface area contributed by atoms with E-state index >= 15 is 0 Å². The van der Waals surface area contributed by atoms with Gasteiger partial charge in [-0.05, 0) is 68.0 Å². The van der Waals surface area contributed by atoms with E-state index < -0.39 is 5.97 Å². The smallest absolute Gasteiger partial charge is 0.335 e. The summed E-state index contributed by atoms with van der Waals surface area (Å²) >= 11 is 1.51. The molecule has 1 saturated carbocycles. The van der Waals surface area contributed by atoms with Gasteiger partial charge in [-0.25, -0.2) is 4.79 Å². The van der Waals surface area contributed by atoms with E-state index in [1.807, 2.05) is 7.11 Å². The van der Waals surface area contributed by atoms with E-state index in [0.29, 0.717) is 0 Å². The maximum atomic E-state index is 11.1. The molecule has 5 rings (SSSR count). The second-order valence-corrected chi connectivity index (χ2v) is 10.1. The van der Waals surface area contributed by atoms with Crippen LogP contribution in [0.3, 0.4) is 0 Å². The van der Waals surface area contributed by atoms with Crippen molar-refractivity contribution in [2.24, 2.45) is 5.92 Å². The molecule has 33 heavy (non-hydrogen) atoms. The lowest BCUT2D eigenvalue weighted by atomic mass is 9.78. The van der Waals surface area contributed by atoms with E-state index in [1.165, 1.54) is 42.7 Å². The van der Waals surface area contributed by atoms with Gasteiger partial charge in [-0.3, -0.25) is 0 Å². The summed E-state index contributed by atoms with van der Waals surface area (Å²) in [6.07, 6.45) is 7.52. The fraction of sp³-hybridized carbons (Fsp3) is 0.423. The summed E-state index contributed by atoms with van der Waals surface area (Å²) in [6, 6.07) is 15.3. The van der Waals surface area contributed by atoms with Crippen LogP contribution in [0.15, 0.2) is 48.5 Å². The van der Waals surface area contributed by atoms with E-state index in [9.17, 15) is 4.79 Å². The topological polar surface area (TPSA) is 75.5 Å². The normalized spacial score (nSPS) is 18.5. The van der Waals surface area contributed by atoms with E-state index in [4.69, 9.17) is 9.84 Å². The molecule has 2 fully saturated rings. The lowest BCUT2D eigenvalue weighted by Gasteiger charge is -2.45. The van der Waals surface area contributed by atoms with Gasteiger partial charge in [0.25, 0.3) is 0 Å². The number of rotatable bonds is 6. The number of ether oxygens (including phenoxy) is 1. The Hall–Kier alpha value is -2.77. The molecule has 1 saturated heterocycles. The fourth-order valence-electron chi connectivity index (χ4n) is 5.40. The number of anilines is 1. The predicted octanol–water partition coefficient (Wildman–Crippen LogP) is 5.75. The third kappa shape index (κ3) is 4.39. The van der Waals surface area contributed by atoms with Crippen molar-refractivity contribution in [2.45, 2.75) is 44.1 Å². The first-order chi connectivity index (χ1) is 16.1. The van der Waals surface area contributed by atoms with Crippen LogP contribution in [0.1, 0.15) is 48.9 Å². The second-order valence-electron chi connectivity index (χ2n) is 9.08. The molecule has 2 aliphatic rings. The summed E-state index contributed by atoms with van der Waals surface area (Å²) in [5.74, 6) is -0.210. The highest BCUT2D eigenvalue weighted by molar-refractivity contribution is 7.17. The zero-order valence-electron chi connectivity index (χ0n) is 18.9. The third-order valence-corrected chi connectivity index (χ3v) is 8.42. The van der Waals surface area contributed by atoms with Crippen molar-refractivity contribution in [1.82, 2.24) is 10.2 Å². The average molecular weight is 464 g/mol. The maximum Gasteiger partial charge on any atom is 0.335 e. The second kappa shape index (κ2) is 9.23. The molecular weight excluding hydrogens is 434 g/mol. The van der Waals surface area contributed by atoms with Crippen LogP contribution in [-0.4, -0.2) is 47.1 Å². The standard InChI is InChI=1S/C26H29N3O3S/c1-32-26(21-4-2-3-5-21)14-16-29(17-15-26)22-12-10-19(11-13-22)24-28-27-23(33-24)18-6-8-20(9-7-18)25(30)31/h6-13,21H,2-5,14-17H2,1H3,(H,30,31). The lowest BCUT2D eigenvalue weighted by molar-refractivity contribution is -0.0737. The van der Waals surface area contributed by atoms with Gasteiger partial charge < -0.3 is 14.7 Å². The van der Waals surface area contributed by atoms with E-state index in [-0.39, 0.29) is 11.2 Å². The van der Waals surface area contributed by atoms with Crippen LogP contribution < -0.4 is 4.90 Å². The fourth-order valence-corrected chi connectivity index (χ4v) is 6.26. The highest BCUT2D eigenvalue weighted by Gasteiger charge is 2.42. The highest BCUT2D eigenvalue weighted by Crippen LogP contribution is 2.43. The Kier molecular flexibility index (Phi) is 6.17. The summed E-state index contributed by atoms with van der Waals surface area (Å²) in [5.41, 5.74) is 3.49. The van der Waals surface area contributed by atoms with Crippen LogP contribution in [-0.2, 0) is 4.74 Å². The number of carboxylic acid groups (broad SMARTS) is 1.